The molecule has 2 aliphatic rings. The number of ether oxygens (including phenoxy) is 1. The molecule has 0 aliphatic carbocycles. The molecule has 0 bridgehead atoms. The maximum atomic E-state index is 12.7. The molecule has 3 rings (SSSR count). The predicted octanol–water partition coefficient (Wildman–Crippen LogP) is 1.64. The Balaban J connectivity index is 1.63. The number of nitrogens with one attached hydrogen (secondary N) is 1. The molecular weight excluding hydrogens is 501 g/mol. The standard InChI is InChI=1S/C17H24IN3O6S/c1-17(28(2,24)25,15(22)19-27-14-5-3-4-8-26-14)6-7-20-11-13-9-12(18)10-21(13)16(20)23/h9-10,14H,3-8,11H2,1-2H3,(H,19,22). The van der Waals surface area contributed by atoms with E-state index in [0.29, 0.717) is 19.6 Å². The van der Waals surface area contributed by atoms with E-state index in [-0.39, 0.29) is 19.0 Å². The van der Waals surface area contributed by atoms with Gasteiger partial charge in [0.15, 0.2) is 20.9 Å². The molecule has 3 heterocycles. The zero-order valence-electron chi connectivity index (χ0n) is 15.8. The van der Waals surface area contributed by atoms with Crippen molar-refractivity contribution in [1.29, 1.82) is 0 Å². The van der Waals surface area contributed by atoms with Crippen LogP contribution in [0.3, 0.4) is 0 Å². The summed E-state index contributed by atoms with van der Waals surface area (Å²) in [7, 11) is -3.77. The number of halogens is 1. The molecule has 2 aliphatic heterocycles. The number of sulfone groups is 1. The molecule has 28 heavy (non-hydrogen) atoms. The number of carbonyl (C=O) groups excluding carboxylic acids is 2. The van der Waals surface area contributed by atoms with Crippen molar-refractivity contribution >= 4 is 44.4 Å². The van der Waals surface area contributed by atoms with Crippen LogP contribution in [0.15, 0.2) is 12.3 Å². The Morgan fingerprint density at radius 1 is 1.46 bits per heavy atom. The van der Waals surface area contributed by atoms with Gasteiger partial charge in [-0.3, -0.25) is 9.36 Å². The molecule has 0 radical (unpaired) electrons. The fraction of sp³-hybridized carbons (Fsp3) is 0.647. The van der Waals surface area contributed by atoms with E-state index in [1.807, 2.05) is 6.07 Å². The number of hydrogen-bond acceptors (Lipinski definition) is 6. The van der Waals surface area contributed by atoms with Crippen molar-refractivity contribution in [2.75, 3.05) is 19.4 Å². The number of rotatable bonds is 7. The Morgan fingerprint density at radius 2 is 2.21 bits per heavy atom. The van der Waals surface area contributed by atoms with E-state index in [1.165, 1.54) is 11.8 Å². The van der Waals surface area contributed by atoms with Gasteiger partial charge in [-0.15, -0.1) is 0 Å². The molecule has 1 fully saturated rings. The fourth-order valence-electron chi connectivity index (χ4n) is 3.21. The highest BCUT2D eigenvalue weighted by molar-refractivity contribution is 14.1. The monoisotopic (exact) mass is 525 g/mol. The van der Waals surface area contributed by atoms with Gasteiger partial charge in [0.05, 0.1) is 6.54 Å². The number of nitrogens with zero attached hydrogens (tertiary/aromatic N) is 2. The van der Waals surface area contributed by atoms with E-state index >= 15 is 0 Å². The first-order valence-corrected chi connectivity index (χ1v) is 12.0. The molecule has 1 aromatic rings. The Kier molecular flexibility index (Phi) is 6.37. The molecule has 0 aromatic carbocycles. The maximum absolute atomic E-state index is 12.7. The fourth-order valence-corrected chi connectivity index (χ4v) is 4.69. The third kappa shape index (κ3) is 4.36. The first kappa shape index (κ1) is 21.5. The van der Waals surface area contributed by atoms with Crippen LogP contribution in [0.4, 0.5) is 4.79 Å². The zero-order chi connectivity index (χ0) is 20.5. The second kappa shape index (κ2) is 8.28. The molecule has 0 spiro atoms. The first-order valence-electron chi connectivity index (χ1n) is 9.05. The summed E-state index contributed by atoms with van der Waals surface area (Å²) in [5.74, 6) is -0.759. The molecule has 11 heteroatoms. The van der Waals surface area contributed by atoms with Crippen LogP contribution < -0.4 is 5.48 Å². The van der Waals surface area contributed by atoms with Crippen molar-refractivity contribution in [3.63, 3.8) is 0 Å². The number of carbonyl (C=O) groups is 2. The molecule has 1 saturated heterocycles. The Hall–Kier alpha value is -1.18. The predicted molar refractivity (Wildman–Crippen MR) is 109 cm³/mol. The van der Waals surface area contributed by atoms with E-state index in [4.69, 9.17) is 9.57 Å². The maximum Gasteiger partial charge on any atom is 0.328 e. The zero-order valence-corrected chi connectivity index (χ0v) is 18.8. The van der Waals surface area contributed by atoms with Crippen molar-refractivity contribution < 1.29 is 27.6 Å². The number of fused-ring (bicyclic) bond motifs is 1. The Labute approximate surface area is 177 Å². The third-order valence-corrected chi connectivity index (χ3v) is 7.89. The van der Waals surface area contributed by atoms with Crippen LogP contribution in [0, 0.1) is 3.57 Å². The molecule has 1 N–H and O–H groups in total. The van der Waals surface area contributed by atoms with Crippen molar-refractivity contribution in [3.05, 3.63) is 21.5 Å². The summed E-state index contributed by atoms with van der Waals surface area (Å²) in [4.78, 5) is 31.9. The van der Waals surface area contributed by atoms with Crippen molar-refractivity contribution in [2.24, 2.45) is 0 Å². The van der Waals surface area contributed by atoms with E-state index in [1.54, 1.807) is 10.8 Å². The van der Waals surface area contributed by atoms with Gasteiger partial charge in [-0.05, 0) is 54.8 Å². The number of amides is 2. The number of hydroxylamine groups is 1. The summed E-state index contributed by atoms with van der Waals surface area (Å²) in [5, 5.41) is 0. The normalized spacial score (nSPS) is 22.0. The first-order chi connectivity index (χ1) is 13.1. The molecular formula is C17H24IN3O6S. The van der Waals surface area contributed by atoms with Crippen LogP contribution in [0.2, 0.25) is 0 Å². The molecule has 2 atom stereocenters. The van der Waals surface area contributed by atoms with Crippen LogP contribution in [0.1, 0.15) is 38.3 Å². The minimum Gasteiger partial charge on any atom is -0.350 e. The summed E-state index contributed by atoms with van der Waals surface area (Å²) in [6.07, 6.45) is 4.62. The van der Waals surface area contributed by atoms with E-state index in [2.05, 4.69) is 28.1 Å². The van der Waals surface area contributed by atoms with Gasteiger partial charge in [-0.25, -0.2) is 23.5 Å². The molecule has 9 nitrogen and oxygen atoms in total. The van der Waals surface area contributed by atoms with Crippen LogP contribution in [0.5, 0.6) is 0 Å². The molecule has 0 saturated carbocycles. The number of hydrogen-bond donors (Lipinski definition) is 1. The topological polar surface area (TPSA) is 107 Å². The summed E-state index contributed by atoms with van der Waals surface area (Å²) >= 11 is 2.13. The summed E-state index contributed by atoms with van der Waals surface area (Å²) in [6.45, 7) is 2.41. The van der Waals surface area contributed by atoms with Gasteiger partial charge < -0.3 is 9.64 Å². The van der Waals surface area contributed by atoms with Gasteiger partial charge in [-0.1, -0.05) is 0 Å². The lowest BCUT2D eigenvalue weighted by molar-refractivity contribution is -0.201. The summed E-state index contributed by atoms with van der Waals surface area (Å²) < 4.78 is 30.9. The van der Waals surface area contributed by atoms with Crippen LogP contribution >= 0.6 is 22.6 Å². The Bertz CT molecular complexity index is 864. The lowest BCUT2D eigenvalue weighted by Crippen LogP contribution is -2.52. The average Bonchev–Trinajstić information content (AvgIpc) is 3.14. The van der Waals surface area contributed by atoms with Gasteiger partial charge in [0, 0.05) is 41.3 Å². The van der Waals surface area contributed by atoms with Crippen molar-refractivity contribution in [1.82, 2.24) is 14.9 Å². The van der Waals surface area contributed by atoms with Gasteiger partial charge in [-0.2, -0.15) is 0 Å². The lowest BCUT2D eigenvalue weighted by Gasteiger charge is -2.29. The lowest BCUT2D eigenvalue weighted by atomic mass is 10.1. The molecule has 156 valence electrons. The minimum atomic E-state index is -3.77. The smallest absolute Gasteiger partial charge is 0.328 e. The van der Waals surface area contributed by atoms with E-state index in [9.17, 15) is 18.0 Å². The summed E-state index contributed by atoms with van der Waals surface area (Å²) in [6, 6.07) is 1.68. The third-order valence-electron chi connectivity index (χ3n) is 5.27. The SMILES string of the molecule is CC(CCN1Cc2cc(I)cn2C1=O)(C(=O)NOC1CCCCO1)S(C)(=O)=O. The van der Waals surface area contributed by atoms with Crippen molar-refractivity contribution in [3.8, 4) is 0 Å². The van der Waals surface area contributed by atoms with Gasteiger partial charge >= 0.3 is 6.03 Å². The van der Waals surface area contributed by atoms with Crippen LogP contribution in [0.25, 0.3) is 0 Å². The average molecular weight is 525 g/mol. The van der Waals surface area contributed by atoms with Crippen LogP contribution in [-0.2, 0) is 30.8 Å². The molecule has 2 amide bonds. The minimum absolute atomic E-state index is 0.0415. The van der Waals surface area contributed by atoms with E-state index < -0.39 is 26.8 Å². The largest absolute Gasteiger partial charge is 0.350 e. The summed E-state index contributed by atoms with van der Waals surface area (Å²) in [5.41, 5.74) is 3.10. The van der Waals surface area contributed by atoms with Gasteiger partial charge in [0.25, 0.3) is 5.91 Å². The molecule has 1 aromatic heterocycles. The van der Waals surface area contributed by atoms with Gasteiger partial charge in [0.2, 0.25) is 0 Å². The quantitative estimate of drug-likeness (QED) is 0.429. The Morgan fingerprint density at radius 3 is 2.82 bits per heavy atom. The highest BCUT2D eigenvalue weighted by atomic mass is 127. The highest BCUT2D eigenvalue weighted by Gasteiger charge is 2.45. The van der Waals surface area contributed by atoms with Crippen molar-refractivity contribution in [2.45, 2.75) is 50.2 Å². The highest BCUT2D eigenvalue weighted by Crippen LogP contribution is 2.26. The number of aromatic nitrogens is 1. The second-order valence-electron chi connectivity index (χ2n) is 7.32. The van der Waals surface area contributed by atoms with Crippen LogP contribution in [-0.4, -0.2) is 60.3 Å². The molecule has 2 unspecified atom stereocenters. The van der Waals surface area contributed by atoms with E-state index in [0.717, 1.165) is 28.4 Å². The second-order valence-corrected chi connectivity index (χ2v) is 11.0. The van der Waals surface area contributed by atoms with Gasteiger partial charge in [0.1, 0.15) is 0 Å².